The molecule has 1 heterocycles. The van der Waals surface area contributed by atoms with Gasteiger partial charge in [-0.05, 0) is 32.4 Å². The Morgan fingerprint density at radius 2 is 2.05 bits per heavy atom. The largest absolute Gasteiger partial charge is 0.396 e. The lowest BCUT2D eigenvalue weighted by atomic mass is 10.0. The van der Waals surface area contributed by atoms with Crippen molar-refractivity contribution in [2.45, 2.75) is 25.8 Å². The zero-order valence-corrected chi connectivity index (χ0v) is 11.7. The second kappa shape index (κ2) is 5.88. The second-order valence-corrected chi connectivity index (χ2v) is 5.30. The van der Waals surface area contributed by atoms with Gasteiger partial charge < -0.3 is 10.4 Å². The normalized spacial score (nSPS) is 11.3. The Kier molecular flexibility index (Phi) is 4.20. The molecule has 0 fully saturated rings. The molecule has 0 saturated heterocycles. The van der Waals surface area contributed by atoms with Crippen molar-refractivity contribution in [3.8, 4) is 5.69 Å². The maximum absolute atomic E-state index is 12.3. The SMILES string of the molecule is CC(C)(CCO)NC(=O)c1cncn1-c1ccccc1. The van der Waals surface area contributed by atoms with E-state index in [-0.39, 0.29) is 12.5 Å². The van der Waals surface area contributed by atoms with E-state index < -0.39 is 5.54 Å². The molecule has 0 unspecified atom stereocenters. The van der Waals surface area contributed by atoms with Crippen LogP contribution in [0.3, 0.4) is 0 Å². The molecule has 0 saturated carbocycles. The van der Waals surface area contributed by atoms with Crippen LogP contribution in [0.25, 0.3) is 5.69 Å². The molecule has 0 aliphatic rings. The van der Waals surface area contributed by atoms with Crippen LogP contribution in [0.2, 0.25) is 0 Å². The summed E-state index contributed by atoms with van der Waals surface area (Å²) in [7, 11) is 0. The van der Waals surface area contributed by atoms with E-state index in [0.29, 0.717) is 12.1 Å². The molecule has 0 radical (unpaired) electrons. The standard InChI is InChI=1S/C15H19N3O2/c1-15(2,8-9-19)17-14(20)13-10-16-11-18(13)12-6-4-3-5-7-12/h3-7,10-11,19H,8-9H2,1-2H3,(H,17,20). The zero-order valence-electron chi connectivity index (χ0n) is 11.7. The number of nitrogens with one attached hydrogen (secondary N) is 1. The van der Waals surface area contributed by atoms with Crippen molar-refractivity contribution in [1.29, 1.82) is 0 Å². The maximum atomic E-state index is 12.3. The molecule has 2 N–H and O–H groups in total. The van der Waals surface area contributed by atoms with Gasteiger partial charge in [-0.1, -0.05) is 18.2 Å². The summed E-state index contributed by atoms with van der Waals surface area (Å²) < 4.78 is 1.74. The van der Waals surface area contributed by atoms with Crippen LogP contribution in [0, 0.1) is 0 Å². The summed E-state index contributed by atoms with van der Waals surface area (Å²) in [6.07, 6.45) is 3.65. The van der Waals surface area contributed by atoms with Gasteiger partial charge in [-0.2, -0.15) is 0 Å². The quantitative estimate of drug-likeness (QED) is 0.872. The lowest BCUT2D eigenvalue weighted by Crippen LogP contribution is -2.44. The lowest BCUT2D eigenvalue weighted by Gasteiger charge is -2.25. The van der Waals surface area contributed by atoms with Gasteiger partial charge in [0, 0.05) is 17.8 Å². The van der Waals surface area contributed by atoms with E-state index in [4.69, 9.17) is 5.11 Å². The molecule has 0 atom stereocenters. The predicted molar refractivity (Wildman–Crippen MR) is 76.8 cm³/mol. The number of benzene rings is 1. The molecule has 1 amide bonds. The van der Waals surface area contributed by atoms with E-state index in [2.05, 4.69) is 10.3 Å². The Hall–Kier alpha value is -2.14. The van der Waals surface area contributed by atoms with E-state index >= 15 is 0 Å². The molecule has 0 spiro atoms. The van der Waals surface area contributed by atoms with Crippen molar-refractivity contribution in [1.82, 2.24) is 14.9 Å². The third kappa shape index (κ3) is 3.24. The summed E-state index contributed by atoms with van der Waals surface area (Å²) >= 11 is 0. The number of aromatic nitrogens is 2. The van der Waals surface area contributed by atoms with Crippen LogP contribution in [0.4, 0.5) is 0 Å². The van der Waals surface area contributed by atoms with Crippen molar-refractivity contribution >= 4 is 5.91 Å². The number of para-hydroxylation sites is 1. The minimum atomic E-state index is -0.461. The first-order valence-electron chi connectivity index (χ1n) is 6.55. The van der Waals surface area contributed by atoms with E-state index in [1.54, 1.807) is 10.9 Å². The highest BCUT2D eigenvalue weighted by Gasteiger charge is 2.22. The third-order valence-corrected chi connectivity index (χ3v) is 3.09. The fourth-order valence-electron chi connectivity index (χ4n) is 1.97. The molecule has 0 aliphatic heterocycles. The van der Waals surface area contributed by atoms with Crippen LogP contribution in [-0.4, -0.2) is 32.7 Å². The van der Waals surface area contributed by atoms with Crippen LogP contribution < -0.4 is 5.32 Å². The number of carbonyl (C=O) groups excluding carboxylic acids is 1. The third-order valence-electron chi connectivity index (χ3n) is 3.09. The monoisotopic (exact) mass is 273 g/mol. The van der Waals surface area contributed by atoms with Gasteiger partial charge in [-0.15, -0.1) is 0 Å². The fraction of sp³-hybridized carbons (Fsp3) is 0.333. The molecule has 20 heavy (non-hydrogen) atoms. The van der Waals surface area contributed by atoms with E-state index in [1.165, 1.54) is 6.20 Å². The van der Waals surface area contributed by atoms with Gasteiger partial charge in [-0.3, -0.25) is 9.36 Å². The highest BCUT2D eigenvalue weighted by Crippen LogP contribution is 2.13. The Labute approximate surface area is 118 Å². The maximum Gasteiger partial charge on any atom is 0.270 e. The summed E-state index contributed by atoms with van der Waals surface area (Å²) in [5.41, 5.74) is 0.898. The highest BCUT2D eigenvalue weighted by atomic mass is 16.3. The van der Waals surface area contributed by atoms with Crippen LogP contribution in [0.15, 0.2) is 42.9 Å². The molecule has 0 bridgehead atoms. The minimum Gasteiger partial charge on any atom is -0.396 e. The van der Waals surface area contributed by atoms with E-state index in [0.717, 1.165) is 5.69 Å². The molecule has 1 aromatic heterocycles. The number of aliphatic hydroxyl groups is 1. The number of aliphatic hydroxyl groups excluding tert-OH is 1. The van der Waals surface area contributed by atoms with Crippen LogP contribution in [0.5, 0.6) is 0 Å². The van der Waals surface area contributed by atoms with Crippen LogP contribution in [-0.2, 0) is 0 Å². The molecular weight excluding hydrogens is 254 g/mol. The Bertz CT molecular complexity index is 576. The molecule has 106 valence electrons. The molecule has 2 aromatic rings. The number of amides is 1. The van der Waals surface area contributed by atoms with Crippen LogP contribution >= 0.6 is 0 Å². The van der Waals surface area contributed by atoms with Gasteiger partial charge in [0.25, 0.3) is 5.91 Å². The van der Waals surface area contributed by atoms with Gasteiger partial charge in [-0.25, -0.2) is 4.98 Å². The number of imidazole rings is 1. The first kappa shape index (κ1) is 14.3. The van der Waals surface area contributed by atoms with E-state index in [9.17, 15) is 4.79 Å². The highest BCUT2D eigenvalue weighted by molar-refractivity contribution is 5.93. The van der Waals surface area contributed by atoms with Gasteiger partial charge >= 0.3 is 0 Å². The Morgan fingerprint density at radius 3 is 2.70 bits per heavy atom. The lowest BCUT2D eigenvalue weighted by molar-refractivity contribution is 0.0892. The number of hydrogen-bond donors (Lipinski definition) is 2. The van der Waals surface area contributed by atoms with Gasteiger partial charge in [0.15, 0.2) is 0 Å². The van der Waals surface area contributed by atoms with Gasteiger partial charge in [0.2, 0.25) is 0 Å². The number of rotatable bonds is 5. The van der Waals surface area contributed by atoms with Gasteiger partial charge in [0.1, 0.15) is 5.69 Å². The minimum absolute atomic E-state index is 0.0330. The first-order valence-corrected chi connectivity index (χ1v) is 6.55. The molecule has 2 rings (SSSR count). The second-order valence-electron chi connectivity index (χ2n) is 5.30. The van der Waals surface area contributed by atoms with Crippen LogP contribution in [0.1, 0.15) is 30.8 Å². The molecule has 5 heteroatoms. The van der Waals surface area contributed by atoms with Crippen molar-refractivity contribution in [2.75, 3.05) is 6.61 Å². The summed E-state index contributed by atoms with van der Waals surface area (Å²) in [5.74, 6) is -0.204. The number of carbonyl (C=O) groups is 1. The smallest absolute Gasteiger partial charge is 0.270 e. The Morgan fingerprint density at radius 1 is 1.35 bits per heavy atom. The van der Waals surface area contributed by atoms with Crippen molar-refractivity contribution in [3.05, 3.63) is 48.5 Å². The van der Waals surface area contributed by atoms with Gasteiger partial charge in [0.05, 0.1) is 12.5 Å². The fourth-order valence-corrected chi connectivity index (χ4v) is 1.97. The van der Waals surface area contributed by atoms with E-state index in [1.807, 2.05) is 44.2 Å². The number of hydrogen-bond acceptors (Lipinski definition) is 3. The topological polar surface area (TPSA) is 67.2 Å². The summed E-state index contributed by atoms with van der Waals surface area (Å²) in [4.78, 5) is 16.4. The summed E-state index contributed by atoms with van der Waals surface area (Å²) in [6.45, 7) is 3.79. The average Bonchev–Trinajstić information content (AvgIpc) is 2.88. The summed E-state index contributed by atoms with van der Waals surface area (Å²) in [5, 5.41) is 11.9. The zero-order chi connectivity index (χ0) is 14.6. The molecular formula is C15H19N3O2. The molecule has 5 nitrogen and oxygen atoms in total. The molecule has 0 aliphatic carbocycles. The van der Waals surface area contributed by atoms with Crippen molar-refractivity contribution < 1.29 is 9.90 Å². The summed E-state index contributed by atoms with van der Waals surface area (Å²) in [6, 6.07) is 9.57. The first-order chi connectivity index (χ1) is 9.53. The molecule has 1 aromatic carbocycles. The van der Waals surface area contributed by atoms with Crippen molar-refractivity contribution in [2.24, 2.45) is 0 Å². The Balaban J connectivity index is 2.22. The average molecular weight is 273 g/mol. The number of nitrogens with zero attached hydrogens (tertiary/aromatic N) is 2. The predicted octanol–water partition coefficient (Wildman–Crippen LogP) is 1.76. The van der Waals surface area contributed by atoms with Crippen molar-refractivity contribution in [3.63, 3.8) is 0 Å².